The predicted octanol–water partition coefficient (Wildman–Crippen LogP) is 5.98. The van der Waals surface area contributed by atoms with Gasteiger partial charge in [-0.2, -0.15) is 0 Å². The summed E-state index contributed by atoms with van der Waals surface area (Å²) in [6.07, 6.45) is 1.51. The average Bonchev–Trinajstić information content (AvgIpc) is 3.47. The highest BCUT2D eigenvalue weighted by molar-refractivity contribution is 9.10. The summed E-state index contributed by atoms with van der Waals surface area (Å²) in [5.74, 6) is 0.167. The van der Waals surface area contributed by atoms with Crippen molar-refractivity contribution in [3.05, 3.63) is 74.1 Å². The maximum absolute atomic E-state index is 12.7. The van der Waals surface area contributed by atoms with Crippen LogP contribution in [0.2, 0.25) is 5.02 Å². The van der Waals surface area contributed by atoms with E-state index in [1.807, 2.05) is 12.1 Å². The Balaban J connectivity index is 1.51. The number of carbonyl (C=O) groups is 3. The summed E-state index contributed by atoms with van der Waals surface area (Å²) in [6.45, 7) is -0.0974. The molecule has 0 saturated carbocycles. The van der Waals surface area contributed by atoms with Gasteiger partial charge in [0.1, 0.15) is 17.3 Å². The number of ether oxygens (including phenoxy) is 1. The molecule has 0 N–H and O–H groups in total. The summed E-state index contributed by atoms with van der Waals surface area (Å²) >= 11 is 10.3. The van der Waals surface area contributed by atoms with Crippen molar-refractivity contribution in [2.75, 3.05) is 7.11 Å². The second-order valence-electron chi connectivity index (χ2n) is 6.36. The molecule has 1 aliphatic heterocycles. The second kappa shape index (κ2) is 8.78. The number of halogens is 2. The van der Waals surface area contributed by atoms with Crippen LogP contribution >= 0.6 is 39.3 Å². The molecule has 7 nitrogen and oxygen atoms in total. The van der Waals surface area contributed by atoms with Crippen LogP contribution in [0.25, 0.3) is 17.4 Å². The molecule has 1 saturated heterocycles. The quantitative estimate of drug-likeness (QED) is 0.301. The monoisotopic (exact) mass is 521 g/mol. The Morgan fingerprint density at radius 3 is 2.74 bits per heavy atom. The van der Waals surface area contributed by atoms with Crippen molar-refractivity contribution < 1.29 is 28.0 Å². The van der Waals surface area contributed by atoms with Crippen molar-refractivity contribution in [3.8, 4) is 11.3 Å². The van der Waals surface area contributed by atoms with Crippen LogP contribution in [-0.2, 0) is 16.1 Å². The number of amides is 2. The first kappa shape index (κ1) is 21.5. The molecular weight excluding hydrogens is 510 g/mol. The predicted molar refractivity (Wildman–Crippen MR) is 118 cm³/mol. The second-order valence-corrected chi connectivity index (χ2v) is 8.61. The third kappa shape index (κ3) is 4.48. The standard InChI is InChI=1S/C21H13BrClNO6S/c1-28-20(26)17-7-4-13(30-17)10-24-19(25)18(31-21(24)27)9-12-3-6-16(29-12)11-2-5-14(22)15(23)8-11/h2-9H,10H2,1H3/b18-9+. The molecule has 0 bridgehead atoms. The summed E-state index contributed by atoms with van der Waals surface area (Å²) in [7, 11) is 1.23. The van der Waals surface area contributed by atoms with Gasteiger partial charge in [0.2, 0.25) is 5.76 Å². The fourth-order valence-electron chi connectivity index (χ4n) is 2.83. The first-order chi connectivity index (χ1) is 14.9. The third-order valence-electron chi connectivity index (χ3n) is 4.34. The third-order valence-corrected chi connectivity index (χ3v) is 6.48. The van der Waals surface area contributed by atoms with Gasteiger partial charge in [-0.25, -0.2) is 4.79 Å². The summed E-state index contributed by atoms with van der Waals surface area (Å²) in [6, 6.07) is 11.8. The number of benzene rings is 1. The summed E-state index contributed by atoms with van der Waals surface area (Å²) in [5.41, 5.74) is 0.778. The van der Waals surface area contributed by atoms with E-state index in [0.29, 0.717) is 16.5 Å². The Kier molecular flexibility index (Phi) is 6.08. The Bertz CT molecular complexity index is 1230. The van der Waals surface area contributed by atoms with Crippen LogP contribution in [0.3, 0.4) is 0 Å². The van der Waals surface area contributed by atoms with Gasteiger partial charge >= 0.3 is 5.97 Å². The molecular formula is C21H13BrClNO6S. The first-order valence-corrected chi connectivity index (χ1v) is 10.8. The van der Waals surface area contributed by atoms with Crippen molar-refractivity contribution >= 4 is 62.5 Å². The lowest BCUT2D eigenvalue weighted by Crippen LogP contribution is -2.27. The molecule has 4 rings (SSSR count). The van der Waals surface area contributed by atoms with Crippen LogP contribution in [0.1, 0.15) is 22.1 Å². The summed E-state index contributed by atoms with van der Waals surface area (Å²) in [5, 5.41) is 0.101. The van der Waals surface area contributed by atoms with Crippen molar-refractivity contribution in [1.29, 1.82) is 0 Å². The van der Waals surface area contributed by atoms with Crippen molar-refractivity contribution in [3.63, 3.8) is 0 Å². The number of carbonyl (C=O) groups excluding carboxylic acids is 3. The molecule has 0 unspecified atom stereocenters. The number of imide groups is 1. The van der Waals surface area contributed by atoms with E-state index in [1.165, 1.54) is 25.3 Å². The number of esters is 1. The average molecular weight is 523 g/mol. The molecule has 1 fully saturated rings. The van der Waals surface area contributed by atoms with Gasteiger partial charge in [0.05, 0.1) is 23.6 Å². The molecule has 0 spiro atoms. The Labute approximate surface area is 194 Å². The van der Waals surface area contributed by atoms with E-state index in [9.17, 15) is 14.4 Å². The smallest absolute Gasteiger partial charge is 0.373 e. The van der Waals surface area contributed by atoms with Gasteiger partial charge in [0, 0.05) is 16.1 Å². The Morgan fingerprint density at radius 1 is 1.19 bits per heavy atom. The van der Waals surface area contributed by atoms with E-state index >= 15 is 0 Å². The first-order valence-electron chi connectivity index (χ1n) is 8.83. The van der Waals surface area contributed by atoms with Crippen LogP contribution in [-0.4, -0.2) is 29.1 Å². The van der Waals surface area contributed by atoms with Gasteiger partial charge < -0.3 is 13.6 Å². The number of rotatable bonds is 5. The highest BCUT2D eigenvalue weighted by Gasteiger charge is 2.36. The lowest BCUT2D eigenvalue weighted by molar-refractivity contribution is -0.123. The van der Waals surface area contributed by atoms with Crippen molar-refractivity contribution in [2.45, 2.75) is 6.54 Å². The molecule has 1 aromatic carbocycles. The van der Waals surface area contributed by atoms with Gasteiger partial charge in [0.25, 0.3) is 11.1 Å². The molecule has 0 radical (unpaired) electrons. The topological polar surface area (TPSA) is 90.0 Å². The molecule has 2 amide bonds. The lowest BCUT2D eigenvalue weighted by atomic mass is 10.2. The van der Waals surface area contributed by atoms with Crippen molar-refractivity contribution in [1.82, 2.24) is 4.90 Å². The normalized spacial score (nSPS) is 15.2. The van der Waals surface area contributed by atoms with Crippen LogP contribution in [0.15, 0.2) is 60.7 Å². The SMILES string of the molecule is COC(=O)c1ccc(CN2C(=O)S/C(=C/c3ccc(-c4ccc(Br)c(Cl)c4)o3)C2=O)o1. The fourth-order valence-corrected chi connectivity index (χ4v) is 4.08. The van der Waals surface area contributed by atoms with E-state index in [0.717, 1.165) is 26.7 Å². The molecule has 31 heavy (non-hydrogen) atoms. The number of hydrogen-bond acceptors (Lipinski definition) is 7. The molecule has 3 heterocycles. The highest BCUT2D eigenvalue weighted by Crippen LogP contribution is 2.35. The minimum absolute atomic E-state index is 0.00354. The van der Waals surface area contributed by atoms with Crippen LogP contribution in [0, 0.1) is 0 Å². The molecule has 158 valence electrons. The van der Waals surface area contributed by atoms with E-state index in [4.69, 9.17) is 20.4 Å². The summed E-state index contributed by atoms with van der Waals surface area (Å²) in [4.78, 5) is 37.8. The maximum atomic E-state index is 12.7. The molecule has 10 heteroatoms. The van der Waals surface area contributed by atoms with Crippen LogP contribution in [0.4, 0.5) is 4.79 Å². The molecule has 3 aromatic rings. The van der Waals surface area contributed by atoms with Crippen LogP contribution in [0.5, 0.6) is 0 Å². The minimum atomic E-state index is -0.638. The van der Waals surface area contributed by atoms with Gasteiger partial charge in [-0.05, 0) is 64.1 Å². The number of furan rings is 2. The van der Waals surface area contributed by atoms with E-state index in [2.05, 4.69) is 20.7 Å². The maximum Gasteiger partial charge on any atom is 0.373 e. The number of thioether (sulfide) groups is 1. The zero-order valence-corrected chi connectivity index (χ0v) is 19.0. The fraction of sp³-hybridized carbons (Fsp3) is 0.0952. The van der Waals surface area contributed by atoms with Gasteiger partial charge in [-0.3, -0.25) is 14.5 Å². The van der Waals surface area contributed by atoms with E-state index in [1.54, 1.807) is 18.2 Å². The summed E-state index contributed by atoms with van der Waals surface area (Å²) < 4.78 is 16.5. The minimum Gasteiger partial charge on any atom is -0.463 e. The highest BCUT2D eigenvalue weighted by atomic mass is 79.9. The van der Waals surface area contributed by atoms with E-state index < -0.39 is 17.1 Å². The molecule has 1 aliphatic rings. The lowest BCUT2D eigenvalue weighted by Gasteiger charge is -2.09. The number of hydrogen-bond donors (Lipinski definition) is 0. The van der Waals surface area contributed by atoms with Gasteiger partial charge in [-0.15, -0.1) is 0 Å². The Morgan fingerprint density at radius 2 is 2.00 bits per heavy atom. The van der Waals surface area contributed by atoms with Crippen LogP contribution < -0.4 is 0 Å². The molecule has 0 aliphatic carbocycles. The largest absolute Gasteiger partial charge is 0.463 e. The Hall–Kier alpha value is -2.75. The van der Waals surface area contributed by atoms with Crippen molar-refractivity contribution in [2.24, 2.45) is 0 Å². The number of methoxy groups -OCH3 is 1. The number of nitrogens with zero attached hydrogens (tertiary/aromatic N) is 1. The van der Waals surface area contributed by atoms with E-state index in [-0.39, 0.29) is 23.0 Å². The van der Waals surface area contributed by atoms with Gasteiger partial charge in [0.15, 0.2) is 0 Å². The van der Waals surface area contributed by atoms with Gasteiger partial charge in [-0.1, -0.05) is 17.7 Å². The zero-order valence-electron chi connectivity index (χ0n) is 15.9. The molecule has 0 atom stereocenters. The zero-order chi connectivity index (χ0) is 22.1. The molecule has 2 aromatic heterocycles.